The van der Waals surface area contributed by atoms with Crippen molar-refractivity contribution in [2.45, 2.75) is 6.42 Å². The Morgan fingerprint density at radius 3 is 2.44 bits per heavy atom. The van der Waals surface area contributed by atoms with Gasteiger partial charge < -0.3 is 10.1 Å². The van der Waals surface area contributed by atoms with Gasteiger partial charge in [-0.25, -0.2) is 5.43 Å². The SMILES string of the molecule is COc1ccc(/C=N/NC(=O)CC(=O)Nc2ccc(Cl)c(Cl)c2)cc1. The number of carbonyl (C=O) groups is 2. The van der Waals surface area contributed by atoms with E-state index in [9.17, 15) is 9.59 Å². The number of ether oxygens (including phenoxy) is 1. The fourth-order valence-corrected chi connectivity index (χ4v) is 2.13. The first-order valence-corrected chi connectivity index (χ1v) is 7.94. The number of anilines is 1. The summed E-state index contributed by atoms with van der Waals surface area (Å²) in [7, 11) is 1.58. The van der Waals surface area contributed by atoms with E-state index in [-0.39, 0.29) is 6.42 Å². The first-order valence-electron chi connectivity index (χ1n) is 7.19. The highest BCUT2D eigenvalue weighted by molar-refractivity contribution is 6.42. The van der Waals surface area contributed by atoms with Crippen LogP contribution in [-0.2, 0) is 9.59 Å². The third kappa shape index (κ3) is 6.10. The molecule has 0 aromatic heterocycles. The molecule has 2 rings (SSSR count). The first-order chi connectivity index (χ1) is 12.0. The lowest BCUT2D eigenvalue weighted by molar-refractivity contribution is -0.126. The average molecular weight is 380 g/mol. The molecule has 2 aromatic carbocycles. The molecule has 0 aliphatic heterocycles. The molecule has 0 bridgehead atoms. The Morgan fingerprint density at radius 1 is 1.08 bits per heavy atom. The van der Waals surface area contributed by atoms with Crippen LogP contribution in [0.4, 0.5) is 5.69 Å². The molecule has 2 amide bonds. The monoisotopic (exact) mass is 379 g/mol. The van der Waals surface area contributed by atoms with E-state index in [1.54, 1.807) is 43.5 Å². The van der Waals surface area contributed by atoms with Crippen LogP contribution in [0.5, 0.6) is 5.75 Å². The lowest BCUT2D eigenvalue weighted by Crippen LogP contribution is -2.24. The van der Waals surface area contributed by atoms with Crippen LogP contribution in [-0.4, -0.2) is 25.1 Å². The molecule has 0 saturated heterocycles. The zero-order valence-corrected chi connectivity index (χ0v) is 14.8. The minimum absolute atomic E-state index is 0.313. The van der Waals surface area contributed by atoms with E-state index >= 15 is 0 Å². The van der Waals surface area contributed by atoms with E-state index in [2.05, 4.69) is 15.8 Å². The van der Waals surface area contributed by atoms with Crippen molar-refractivity contribution in [3.05, 3.63) is 58.1 Å². The molecule has 0 radical (unpaired) electrons. The number of methoxy groups -OCH3 is 1. The normalized spacial score (nSPS) is 10.5. The second kappa shape index (κ2) is 9.05. The van der Waals surface area contributed by atoms with E-state index in [0.717, 1.165) is 11.3 Å². The molecule has 130 valence electrons. The summed E-state index contributed by atoms with van der Waals surface area (Å²) < 4.78 is 5.04. The Bertz CT molecular complexity index is 792. The summed E-state index contributed by atoms with van der Waals surface area (Å²) in [6.07, 6.45) is 1.09. The van der Waals surface area contributed by atoms with Gasteiger partial charge in [0.05, 0.1) is 23.4 Å². The summed E-state index contributed by atoms with van der Waals surface area (Å²) in [5, 5.41) is 7.04. The summed E-state index contributed by atoms with van der Waals surface area (Å²) in [4.78, 5) is 23.5. The van der Waals surface area contributed by atoms with E-state index in [1.165, 1.54) is 12.3 Å². The standard InChI is InChI=1S/C17H15Cl2N3O3/c1-25-13-5-2-11(3-6-13)10-20-22-17(24)9-16(23)21-12-4-7-14(18)15(19)8-12/h2-8,10H,9H2,1H3,(H,21,23)(H,22,24)/b20-10+. The molecular weight excluding hydrogens is 365 g/mol. The van der Waals surface area contributed by atoms with Gasteiger partial charge in [0.2, 0.25) is 11.8 Å². The fourth-order valence-electron chi connectivity index (χ4n) is 1.83. The molecule has 0 saturated carbocycles. The lowest BCUT2D eigenvalue weighted by atomic mass is 10.2. The van der Waals surface area contributed by atoms with Gasteiger partial charge in [0, 0.05) is 5.69 Å². The van der Waals surface area contributed by atoms with Gasteiger partial charge in [-0.15, -0.1) is 0 Å². The zero-order valence-electron chi connectivity index (χ0n) is 13.3. The third-order valence-electron chi connectivity index (χ3n) is 3.04. The van der Waals surface area contributed by atoms with Gasteiger partial charge in [-0.3, -0.25) is 9.59 Å². The van der Waals surface area contributed by atoms with Crippen LogP contribution in [0.15, 0.2) is 47.6 Å². The van der Waals surface area contributed by atoms with Gasteiger partial charge in [0.15, 0.2) is 0 Å². The van der Waals surface area contributed by atoms with Gasteiger partial charge >= 0.3 is 0 Å². The largest absolute Gasteiger partial charge is 0.497 e. The molecule has 0 spiro atoms. The van der Waals surface area contributed by atoms with Crippen molar-refractivity contribution in [2.24, 2.45) is 5.10 Å². The van der Waals surface area contributed by atoms with Crippen molar-refractivity contribution in [2.75, 3.05) is 12.4 Å². The van der Waals surface area contributed by atoms with Crippen molar-refractivity contribution < 1.29 is 14.3 Å². The molecule has 0 atom stereocenters. The topological polar surface area (TPSA) is 79.8 Å². The van der Waals surface area contributed by atoms with E-state index in [0.29, 0.717) is 15.7 Å². The highest BCUT2D eigenvalue weighted by Gasteiger charge is 2.09. The van der Waals surface area contributed by atoms with Crippen LogP contribution in [0, 0.1) is 0 Å². The van der Waals surface area contributed by atoms with Crippen LogP contribution >= 0.6 is 23.2 Å². The van der Waals surface area contributed by atoms with Crippen molar-refractivity contribution in [3.8, 4) is 5.75 Å². The molecule has 6 nitrogen and oxygen atoms in total. The van der Waals surface area contributed by atoms with Crippen molar-refractivity contribution in [3.63, 3.8) is 0 Å². The highest BCUT2D eigenvalue weighted by Crippen LogP contribution is 2.25. The third-order valence-corrected chi connectivity index (χ3v) is 3.78. The maximum atomic E-state index is 11.8. The number of hydrazone groups is 1. The number of amides is 2. The van der Waals surface area contributed by atoms with Gasteiger partial charge in [-0.05, 0) is 48.0 Å². The van der Waals surface area contributed by atoms with Gasteiger partial charge in [0.25, 0.3) is 0 Å². The van der Waals surface area contributed by atoms with E-state index in [1.807, 2.05) is 0 Å². The van der Waals surface area contributed by atoms with Crippen LogP contribution in [0.1, 0.15) is 12.0 Å². The number of nitrogens with zero attached hydrogens (tertiary/aromatic N) is 1. The molecule has 0 unspecified atom stereocenters. The summed E-state index contributed by atoms with van der Waals surface area (Å²) in [6.45, 7) is 0. The summed E-state index contributed by atoms with van der Waals surface area (Å²) in [6, 6.07) is 11.8. The average Bonchev–Trinajstić information content (AvgIpc) is 2.58. The quantitative estimate of drug-likeness (QED) is 0.458. The summed E-state index contributed by atoms with van der Waals surface area (Å²) >= 11 is 11.7. The second-order valence-electron chi connectivity index (χ2n) is 4.92. The van der Waals surface area contributed by atoms with Crippen LogP contribution in [0.3, 0.4) is 0 Å². The fraction of sp³-hybridized carbons (Fsp3) is 0.118. The van der Waals surface area contributed by atoms with Crippen molar-refractivity contribution >= 4 is 46.9 Å². The molecule has 0 aliphatic rings. The van der Waals surface area contributed by atoms with Gasteiger partial charge in [-0.2, -0.15) is 5.10 Å². The lowest BCUT2D eigenvalue weighted by Gasteiger charge is -2.05. The molecule has 0 fully saturated rings. The van der Waals surface area contributed by atoms with Gasteiger partial charge in [-0.1, -0.05) is 23.2 Å². The molecule has 2 N–H and O–H groups in total. The number of benzene rings is 2. The first kappa shape index (κ1) is 18.8. The maximum Gasteiger partial charge on any atom is 0.249 e. The molecular formula is C17H15Cl2N3O3. The number of rotatable bonds is 6. The van der Waals surface area contributed by atoms with E-state index in [4.69, 9.17) is 27.9 Å². The van der Waals surface area contributed by atoms with Crippen molar-refractivity contribution in [1.82, 2.24) is 5.43 Å². The van der Waals surface area contributed by atoms with Gasteiger partial charge in [0.1, 0.15) is 12.2 Å². The maximum absolute atomic E-state index is 11.8. The predicted molar refractivity (Wildman–Crippen MR) is 98.4 cm³/mol. The number of halogens is 2. The summed E-state index contributed by atoms with van der Waals surface area (Å²) in [5.41, 5.74) is 3.52. The zero-order chi connectivity index (χ0) is 18.2. The predicted octanol–water partition coefficient (Wildman–Crippen LogP) is 3.48. The molecule has 25 heavy (non-hydrogen) atoms. The second-order valence-corrected chi connectivity index (χ2v) is 5.73. The van der Waals surface area contributed by atoms with Crippen LogP contribution in [0.2, 0.25) is 10.0 Å². The number of carbonyl (C=O) groups excluding carboxylic acids is 2. The molecule has 0 aliphatic carbocycles. The molecule has 8 heteroatoms. The summed E-state index contributed by atoms with van der Waals surface area (Å²) in [5.74, 6) is -0.307. The highest BCUT2D eigenvalue weighted by atomic mass is 35.5. The minimum atomic E-state index is -0.540. The smallest absolute Gasteiger partial charge is 0.249 e. The Hall–Kier alpha value is -2.57. The molecule has 0 heterocycles. The van der Waals surface area contributed by atoms with Crippen molar-refractivity contribution in [1.29, 1.82) is 0 Å². The Morgan fingerprint density at radius 2 is 1.80 bits per heavy atom. The Kier molecular flexibility index (Phi) is 6.80. The van der Waals surface area contributed by atoms with Crippen LogP contribution < -0.4 is 15.5 Å². The number of hydrogen-bond acceptors (Lipinski definition) is 4. The number of hydrogen-bond donors (Lipinski definition) is 2. The number of nitrogens with one attached hydrogen (secondary N) is 2. The Labute approximate surface area is 154 Å². The Balaban J connectivity index is 1.81. The minimum Gasteiger partial charge on any atom is -0.497 e. The molecule has 2 aromatic rings. The van der Waals surface area contributed by atoms with E-state index < -0.39 is 11.8 Å². The van der Waals surface area contributed by atoms with Crippen LogP contribution in [0.25, 0.3) is 0 Å².